The second-order valence-corrected chi connectivity index (χ2v) is 12.4. The Labute approximate surface area is 233 Å². The van der Waals surface area contributed by atoms with Gasteiger partial charge in [-0.25, -0.2) is 4.79 Å². The van der Waals surface area contributed by atoms with Gasteiger partial charge >= 0.3 is 11.9 Å². The molecule has 1 aromatic rings. The largest absolute Gasteiger partial charge is 0.455 e. The van der Waals surface area contributed by atoms with Crippen LogP contribution in [0.5, 0.6) is 0 Å². The summed E-state index contributed by atoms with van der Waals surface area (Å²) in [6.07, 6.45) is -6.33. The average Bonchev–Trinajstić information content (AvgIpc) is 2.89. The van der Waals surface area contributed by atoms with Crippen LogP contribution in [0.15, 0.2) is 41.5 Å². The Bertz CT molecular complexity index is 1260. The van der Waals surface area contributed by atoms with Gasteiger partial charge in [-0.1, -0.05) is 32.0 Å². The van der Waals surface area contributed by atoms with Crippen LogP contribution in [0, 0.1) is 16.7 Å². The molecule has 1 aliphatic heterocycles. The number of benzene rings is 1. The lowest BCUT2D eigenvalue weighted by molar-refractivity contribution is -0.346. The highest BCUT2D eigenvalue weighted by Crippen LogP contribution is 2.64. The van der Waals surface area contributed by atoms with Crippen molar-refractivity contribution in [1.29, 1.82) is 0 Å². The third-order valence-corrected chi connectivity index (χ3v) is 10.2. The zero-order chi connectivity index (χ0) is 29.4. The standard InChI is InChI=1S/C30H38O10/c1-15-18(32)13-30(36)25(39-26(35)17-10-8-7-9-11-17)23-28(5,24(34)22(37-6)21(15)27(30,3)4)19(33)12-20-29(23,14-38-20)40-16(2)31/h7-11,18-20,22-23,25,32-33,36H,12-14H2,1-6H3/t18-,19+,20+,22+,23-,25-,28+,29-,30+/m0/s1. The smallest absolute Gasteiger partial charge is 0.338 e. The third-order valence-electron chi connectivity index (χ3n) is 10.2. The molecule has 5 rings (SSSR count). The SMILES string of the molecule is CO[C@H]1C(=O)[C@]2(C)[C@H](O)C[C@H]3OC[C@@]3(OC(C)=O)[C@H]2[C@H](OC(=O)c2ccccc2)[C@]2(O)C[C@H](O)C(C)=C1C2(C)C. The van der Waals surface area contributed by atoms with E-state index in [9.17, 15) is 29.7 Å². The maximum atomic E-state index is 14.6. The molecule has 2 saturated carbocycles. The molecule has 3 aliphatic carbocycles. The molecule has 9 atom stereocenters. The van der Waals surface area contributed by atoms with Crippen LogP contribution < -0.4 is 0 Å². The van der Waals surface area contributed by atoms with Crippen molar-refractivity contribution in [2.45, 2.75) is 89.2 Å². The summed E-state index contributed by atoms with van der Waals surface area (Å²) in [6.45, 7) is 7.76. The van der Waals surface area contributed by atoms with Gasteiger partial charge < -0.3 is 34.3 Å². The number of carbonyl (C=O) groups is 3. The van der Waals surface area contributed by atoms with Crippen molar-refractivity contribution in [3.05, 3.63) is 47.0 Å². The third kappa shape index (κ3) is 3.69. The Kier molecular flexibility index (Phi) is 6.83. The molecule has 0 radical (unpaired) electrons. The highest BCUT2D eigenvalue weighted by Gasteiger charge is 2.77. The van der Waals surface area contributed by atoms with E-state index in [1.807, 2.05) is 0 Å². The minimum Gasteiger partial charge on any atom is -0.455 e. The quantitative estimate of drug-likeness (QED) is 0.369. The van der Waals surface area contributed by atoms with Crippen molar-refractivity contribution in [3.8, 4) is 0 Å². The molecule has 3 fully saturated rings. The van der Waals surface area contributed by atoms with Gasteiger partial charge in [0.25, 0.3) is 0 Å². The summed E-state index contributed by atoms with van der Waals surface area (Å²) in [5.74, 6) is -3.20. The highest BCUT2D eigenvalue weighted by molar-refractivity contribution is 5.94. The van der Waals surface area contributed by atoms with E-state index in [2.05, 4.69) is 0 Å². The maximum Gasteiger partial charge on any atom is 0.338 e. The Morgan fingerprint density at radius 3 is 2.30 bits per heavy atom. The van der Waals surface area contributed by atoms with Crippen molar-refractivity contribution >= 4 is 17.7 Å². The summed E-state index contributed by atoms with van der Waals surface area (Å²) in [5.41, 5.74) is -5.43. The summed E-state index contributed by atoms with van der Waals surface area (Å²) < 4.78 is 23.7. The lowest BCUT2D eigenvalue weighted by atomic mass is 9.44. The van der Waals surface area contributed by atoms with Gasteiger partial charge in [-0.2, -0.15) is 0 Å². The van der Waals surface area contributed by atoms with Crippen molar-refractivity contribution in [1.82, 2.24) is 0 Å². The van der Waals surface area contributed by atoms with Gasteiger partial charge in [0.05, 0.1) is 35.7 Å². The summed E-state index contributed by atoms with van der Waals surface area (Å²) in [7, 11) is 1.36. The van der Waals surface area contributed by atoms with Gasteiger partial charge in [0, 0.05) is 32.3 Å². The molecule has 1 aromatic carbocycles. The van der Waals surface area contributed by atoms with Crippen molar-refractivity contribution in [2.75, 3.05) is 13.7 Å². The Morgan fingerprint density at radius 1 is 1.10 bits per heavy atom. The molecule has 1 heterocycles. The molecule has 40 heavy (non-hydrogen) atoms. The minimum atomic E-state index is -1.99. The maximum absolute atomic E-state index is 14.6. The monoisotopic (exact) mass is 558 g/mol. The number of aliphatic hydroxyl groups is 3. The Hall–Kier alpha value is -2.63. The number of carbonyl (C=O) groups excluding carboxylic acids is 3. The second kappa shape index (κ2) is 9.46. The molecule has 218 valence electrons. The van der Waals surface area contributed by atoms with E-state index >= 15 is 0 Å². The number of hydrogen-bond acceptors (Lipinski definition) is 10. The topological polar surface area (TPSA) is 149 Å². The molecule has 0 unspecified atom stereocenters. The fraction of sp³-hybridized carbons (Fsp3) is 0.633. The summed E-state index contributed by atoms with van der Waals surface area (Å²) in [6, 6.07) is 8.19. The Balaban J connectivity index is 1.83. The predicted molar refractivity (Wildman–Crippen MR) is 140 cm³/mol. The van der Waals surface area contributed by atoms with Crippen molar-refractivity contribution < 1.29 is 48.7 Å². The van der Waals surface area contributed by atoms with Gasteiger partial charge in [0.2, 0.25) is 0 Å². The Morgan fingerprint density at radius 2 is 1.75 bits per heavy atom. The second-order valence-electron chi connectivity index (χ2n) is 12.4. The van der Waals surface area contributed by atoms with Crippen LogP contribution in [0.1, 0.15) is 57.8 Å². The first-order chi connectivity index (χ1) is 18.7. The minimum absolute atomic E-state index is 0.0235. The first-order valence-corrected chi connectivity index (χ1v) is 13.6. The number of fused-ring (bicyclic) bond motifs is 5. The van der Waals surface area contributed by atoms with Crippen LogP contribution in [0.25, 0.3) is 0 Å². The summed E-state index contributed by atoms with van der Waals surface area (Å²) in [4.78, 5) is 40.8. The molecule has 0 amide bonds. The van der Waals surface area contributed by atoms with E-state index in [0.29, 0.717) is 11.1 Å². The van der Waals surface area contributed by atoms with Crippen molar-refractivity contribution in [3.63, 3.8) is 0 Å². The molecule has 1 saturated heterocycles. The van der Waals surface area contributed by atoms with Gasteiger partial charge in [0.15, 0.2) is 11.4 Å². The van der Waals surface area contributed by atoms with Crippen LogP contribution in [0.2, 0.25) is 0 Å². The number of esters is 2. The van der Waals surface area contributed by atoms with Gasteiger partial charge in [-0.15, -0.1) is 0 Å². The molecule has 0 aromatic heterocycles. The molecule has 3 N–H and O–H groups in total. The van der Waals surface area contributed by atoms with Crippen LogP contribution in [0.4, 0.5) is 0 Å². The molecular weight excluding hydrogens is 520 g/mol. The fourth-order valence-electron chi connectivity index (χ4n) is 7.85. The number of aliphatic hydroxyl groups excluding tert-OH is 2. The number of Topliss-reactive ketones (excluding diaryl/α,β-unsaturated/α-hetero) is 1. The number of ether oxygens (including phenoxy) is 4. The molecule has 2 bridgehead atoms. The van der Waals surface area contributed by atoms with Gasteiger partial charge in [-0.05, 0) is 37.1 Å². The first-order valence-electron chi connectivity index (χ1n) is 13.6. The molecule has 0 spiro atoms. The molecular formula is C30H38O10. The van der Waals surface area contributed by atoms with Crippen molar-refractivity contribution in [2.24, 2.45) is 16.7 Å². The first kappa shape index (κ1) is 28.9. The molecule has 10 nitrogen and oxygen atoms in total. The normalized spacial score (nSPS) is 42.0. The average molecular weight is 559 g/mol. The van der Waals surface area contributed by atoms with Crippen LogP contribution in [-0.4, -0.2) is 88.5 Å². The van der Waals surface area contributed by atoms with Crippen LogP contribution in [-0.2, 0) is 28.5 Å². The lowest BCUT2D eigenvalue weighted by Gasteiger charge is -2.67. The van der Waals surface area contributed by atoms with E-state index < -0.39 is 76.2 Å². The lowest BCUT2D eigenvalue weighted by Crippen LogP contribution is -2.81. The van der Waals surface area contributed by atoms with E-state index in [-0.39, 0.29) is 25.0 Å². The van der Waals surface area contributed by atoms with Crippen LogP contribution in [0.3, 0.4) is 0 Å². The number of rotatable bonds is 4. The summed E-state index contributed by atoms with van der Waals surface area (Å²) >= 11 is 0. The predicted octanol–water partition coefficient (Wildman–Crippen LogP) is 1.74. The number of hydrogen-bond donors (Lipinski definition) is 3. The van der Waals surface area contributed by atoms with E-state index in [4.69, 9.17) is 18.9 Å². The molecule has 10 heteroatoms. The van der Waals surface area contributed by atoms with Crippen LogP contribution >= 0.6 is 0 Å². The number of methoxy groups -OCH3 is 1. The number of ketones is 1. The molecule has 4 aliphatic rings. The van der Waals surface area contributed by atoms with E-state index in [0.717, 1.165) is 0 Å². The zero-order valence-electron chi connectivity index (χ0n) is 23.7. The van der Waals surface area contributed by atoms with E-state index in [1.165, 1.54) is 14.0 Å². The summed E-state index contributed by atoms with van der Waals surface area (Å²) in [5, 5.41) is 35.6. The van der Waals surface area contributed by atoms with Gasteiger partial charge in [-0.3, -0.25) is 9.59 Å². The van der Waals surface area contributed by atoms with E-state index in [1.54, 1.807) is 58.0 Å². The zero-order valence-corrected chi connectivity index (χ0v) is 23.7. The van der Waals surface area contributed by atoms with Gasteiger partial charge in [0.1, 0.15) is 23.9 Å². The highest BCUT2D eigenvalue weighted by atomic mass is 16.6. The fourth-order valence-corrected chi connectivity index (χ4v) is 7.85.